The third-order valence-corrected chi connectivity index (χ3v) is 8.95. The van der Waals surface area contributed by atoms with Gasteiger partial charge in [-0.3, -0.25) is 24.0 Å². The summed E-state index contributed by atoms with van der Waals surface area (Å²) < 4.78 is 61.2. The van der Waals surface area contributed by atoms with Gasteiger partial charge in [0.1, 0.15) is 18.8 Å². The SMILES string of the molecule is COC(=O)C1=CO[C@@H](O[C@@H]2O[C@H](COC(C)=O)[C@@H](OC(C)=O)[C@H](OC(C)=O)[C@H]2OC(C)=O)[C@@H]2[C@@H](C)[C@@H](OC(=O)/C=C/c3ccc(OC(C)=O)c(OC)c3)C[C@H]12. The van der Waals surface area contributed by atoms with Gasteiger partial charge in [-0.05, 0) is 30.2 Å². The smallest absolute Gasteiger partial charge is 0.337 e. The first-order valence-electron chi connectivity index (χ1n) is 17.2. The lowest BCUT2D eigenvalue weighted by atomic mass is 9.83. The lowest BCUT2D eigenvalue weighted by molar-refractivity contribution is -0.345. The maximum absolute atomic E-state index is 13.1. The topological polar surface area (TPSA) is 221 Å². The summed E-state index contributed by atoms with van der Waals surface area (Å²) >= 11 is 0. The van der Waals surface area contributed by atoms with Crippen molar-refractivity contribution in [3.05, 3.63) is 41.7 Å². The predicted octanol–water partition coefficient (Wildman–Crippen LogP) is 2.33. The van der Waals surface area contributed by atoms with Crippen molar-refractivity contribution in [2.45, 2.75) is 91.1 Å². The molecule has 0 bridgehead atoms. The molecule has 0 aromatic heterocycles. The van der Waals surface area contributed by atoms with Gasteiger partial charge in [-0.1, -0.05) is 13.0 Å². The molecular formula is C37H44O18. The molecule has 1 aromatic rings. The Morgan fingerprint density at radius 1 is 0.782 bits per heavy atom. The Labute approximate surface area is 316 Å². The molecule has 0 N–H and O–H groups in total. The van der Waals surface area contributed by atoms with Crippen LogP contribution >= 0.6 is 0 Å². The number of hydrogen-bond donors (Lipinski definition) is 0. The fourth-order valence-electron chi connectivity index (χ4n) is 6.73. The van der Waals surface area contributed by atoms with Gasteiger partial charge >= 0.3 is 41.8 Å². The molecule has 300 valence electrons. The minimum absolute atomic E-state index is 0.148. The van der Waals surface area contributed by atoms with Crippen molar-refractivity contribution >= 4 is 47.9 Å². The zero-order valence-electron chi connectivity index (χ0n) is 31.5. The zero-order chi connectivity index (χ0) is 40.6. The number of fused-ring (bicyclic) bond motifs is 1. The fourth-order valence-corrected chi connectivity index (χ4v) is 6.73. The summed E-state index contributed by atoms with van der Waals surface area (Å²) in [5.74, 6) is -6.48. The summed E-state index contributed by atoms with van der Waals surface area (Å²) in [6.07, 6.45) is -5.34. The summed E-state index contributed by atoms with van der Waals surface area (Å²) in [6.45, 7) is 6.96. The van der Waals surface area contributed by atoms with Crippen LogP contribution in [0.1, 0.15) is 53.5 Å². The molecule has 0 spiro atoms. The number of carbonyl (C=O) groups excluding carboxylic acids is 7. The van der Waals surface area contributed by atoms with E-state index in [2.05, 4.69) is 0 Å². The van der Waals surface area contributed by atoms with Crippen molar-refractivity contribution in [1.29, 1.82) is 0 Å². The number of carbonyl (C=O) groups is 7. The first-order valence-corrected chi connectivity index (χ1v) is 17.2. The quantitative estimate of drug-likeness (QED) is 0.121. The Morgan fingerprint density at radius 3 is 2.04 bits per heavy atom. The molecule has 1 aliphatic carbocycles. The van der Waals surface area contributed by atoms with Crippen LogP contribution in [0.4, 0.5) is 0 Å². The molecule has 10 atom stereocenters. The number of rotatable bonds is 13. The highest BCUT2D eigenvalue weighted by Crippen LogP contribution is 2.49. The van der Waals surface area contributed by atoms with E-state index < -0.39 is 109 Å². The van der Waals surface area contributed by atoms with Gasteiger partial charge in [-0.2, -0.15) is 0 Å². The van der Waals surface area contributed by atoms with Gasteiger partial charge in [0.05, 0.1) is 26.1 Å². The molecule has 1 saturated carbocycles. The predicted molar refractivity (Wildman–Crippen MR) is 182 cm³/mol. The van der Waals surface area contributed by atoms with Crippen LogP contribution in [0.25, 0.3) is 6.08 Å². The fraction of sp³-hybridized carbons (Fsp3) is 0.541. The van der Waals surface area contributed by atoms with E-state index in [0.29, 0.717) is 5.56 Å². The van der Waals surface area contributed by atoms with E-state index in [4.69, 9.17) is 52.1 Å². The van der Waals surface area contributed by atoms with Crippen LogP contribution in [0.5, 0.6) is 11.5 Å². The van der Waals surface area contributed by atoms with Crippen LogP contribution in [0.3, 0.4) is 0 Å². The number of benzene rings is 1. The molecule has 2 heterocycles. The maximum atomic E-state index is 13.1. The van der Waals surface area contributed by atoms with E-state index in [0.717, 1.165) is 34.0 Å². The molecular weight excluding hydrogens is 732 g/mol. The first-order chi connectivity index (χ1) is 26.0. The van der Waals surface area contributed by atoms with Crippen molar-refractivity contribution in [1.82, 2.24) is 0 Å². The molecule has 0 radical (unpaired) electrons. The summed E-state index contributed by atoms with van der Waals surface area (Å²) in [6, 6.07) is 4.69. The number of methoxy groups -OCH3 is 2. The van der Waals surface area contributed by atoms with Crippen LogP contribution in [-0.4, -0.2) is 106 Å². The van der Waals surface area contributed by atoms with E-state index in [-0.39, 0.29) is 23.5 Å². The minimum Gasteiger partial charge on any atom is -0.493 e. The Kier molecular flexibility index (Phi) is 14.4. The maximum Gasteiger partial charge on any atom is 0.337 e. The monoisotopic (exact) mass is 776 g/mol. The average molecular weight is 777 g/mol. The summed E-state index contributed by atoms with van der Waals surface area (Å²) in [4.78, 5) is 85.9. The Balaban J connectivity index is 1.62. The van der Waals surface area contributed by atoms with Crippen LogP contribution < -0.4 is 9.47 Å². The van der Waals surface area contributed by atoms with Crippen molar-refractivity contribution in [2.24, 2.45) is 17.8 Å². The highest BCUT2D eigenvalue weighted by molar-refractivity contribution is 5.89. The first kappa shape index (κ1) is 42.3. The van der Waals surface area contributed by atoms with Gasteiger partial charge in [0, 0.05) is 58.4 Å². The van der Waals surface area contributed by atoms with Gasteiger partial charge < -0.3 is 52.1 Å². The van der Waals surface area contributed by atoms with Gasteiger partial charge in [-0.25, -0.2) is 9.59 Å². The van der Waals surface area contributed by atoms with Crippen LogP contribution in [0.15, 0.2) is 36.1 Å². The molecule has 2 aliphatic heterocycles. The molecule has 0 unspecified atom stereocenters. The Bertz CT molecular complexity index is 1700. The third-order valence-electron chi connectivity index (χ3n) is 8.95. The summed E-state index contributed by atoms with van der Waals surface area (Å²) in [5.41, 5.74) is 0.690. The molecule has 18 nitrogen and oxygen atoms in total. The van der Waals surface area contributed by atoms with E-state index in [1.165, 1.54) is 39.4 Å². The average Bonchev–Trinajstić information content (AvgIpc) is 3.43. The van der Waals surface area contributed by atoms with Crippen molar-refractivity contribution in [3.8, 4) is 11.5 Å². The molecule has 1 aromatic carbocycles. The third kappa shape index (κ3) is 10.8. The molecule has 18 heteroatoms. The standard InChI is InChI=1S/C37H44O18/c1-17-27(53-30(43)12-10-23-9-11-26(49-19(3)39)28(13-23)45-7)14-24-25(35(44)46-8)15-48-36(31(17)24)55-37-34(52-22(6)42)33(51-21(5)41)32(50-20(4)40)29(54-37)16-47-18(2)38/h9-13,15,17,24,27,29,31-34,36-37H,14,16H2,1-8H3/b12-10+/t17-,24+,27-,29+,31+,32+,33-,34+,36-,37-/m0/s1. The lowest BCUT2D eigenvalue weighted by Crippen LogP contribution is -2.63. The summed E-state index contributed by atoms with van der Waals surface area (Å²) in [7, 11) is 2.60. The molecule has 3 aliphatic rings. The Morgan fingerprint density at radius 2 is 1.44 bits per heavy atom. The molecule has 55 heavy (non-hydrogen) atoms. The van der Waals surface area contributed by atoms with E-state index in [1.54, 1.807) is 19.1 Å². The second kappa shape index (κ2) is 18.7. The second-order valence-electron chi connectivity index (χ2n) is 12.9. The van der Waals surface area contributed by atoms with Crippen molar-refractivity contribution in [3.63, 3.8) is 0 Å². The van der Waals surface area contributed by atoms with E-state index in [1.807, 2.05) is 0 Å². The summed E-state index contributed by atoms with van der Waals surface area (Å²) in [5, 5.41) is 0. The van der Waals surface area contributed by atoms with Crippen molar-refractivity contribution < 1.29 is 85.7 Å². The highest BCUT2D eigenvalue weighted by Gasteiger charge is 2.57. The zero-order valence-corrected chi connectivity index (χ0v) is 31.5. The molecule has 1 saturated heterocycles. The Hall–Kier alpha value is -5.49. The van der Waals surface area contributed by atoms with Gasteiger partial charge in [0.15, 0.2) is 29.8 Å². The second-order valence-corrected chi connectivity index (χ2v) is 12.9. The number of hydrogen-bond acceptors (Lipinski definition) is 18. The number of ether oxygens (including phenoxy) is 11. The van der Waals surface area contributed by atoms with Gasteiger partial charge in [-0.15, -0.1) is 0 Å². The number of esters is 7. The lowest BCUT2D eigenvalue weighted by Gasteiger charge is -2.46. The highest BCUT2D eigenvalue weighted by atomic mass is 16.8. The molecule has 2 fully saturated rings. The largest absolute Gasteiger partial charge is 0.493 e. The van der Waals surface area contributed by atoms with Crippen molar-refractivity contribution in [2.75, 3.05) is 20.8 Å². The molecule has 0 amide bonds. The minimum atomic E-state index is -1.58. The van der Waals surface area contributed by atoms with E-state index >= 15 is 0 Å². The van der Waals surface area contributed by atoms with Gasteiger partial charge in [0.25, 0.3) is 0 Å². The molecule has 4 rings (SSSR count). The van der Waals surface area contributed by atoms with Crippen LogP contribution in [0.2, 0.25) is 0 Å². The van der Waals surface area contributed by atoms with Gasteiger partial charge in [0.2, 0.25) is 12.6 Å². The van der Waals surface area contributed by atoms with Crippen LogP contribution in [-0.2, 0) is 76.2 Å². The van der Waals surface area contributed by atoms with Crippen LogP contribution in [0, 0.1) is 17.8 Å². The normalized spacial score (nSPS) is 28.3. The van der Waals surface area contributed by atoms with E-state index in [9.17, 15) is 33.6 Å².